The molecule has 0 amide bonds. The van der Waals surface area contributed by atoms with Crippen molar-refractivity contribution in [1.82, 2.24) is 0 Å². The molecule has 4 heterocycles. The molecule has 0 atom stereocenters. The Bertz CT molecular complexity index is 7050. The van der Waals surface area contributed by atoms with Crippen LogP contribution < -0.4 is 19.6 Å². The van der Waals surface area contributed by atoms with Crippen molar-refractivity contribution in [2.45, 2.75) is 38.5 Å². The lowest BCUT2D eigenvalue weighted by Gasteiger charge is -2.42. The van der Waals surface area contributed by atoms with Crippen LogP contribution in [0.4, 0.5) is 68.2 Å². The van der Waals surface area contributed by atoms with Gasteiger partial charge in [-0.3, -0.25) is 0 Å². The van der Waals surface area contributed by atoms with Crippen molar-refractivity contribution >= 4 is 186 Å². The summed E-state index contributed by atoms with van der Waals surface area (Å²) in [6.45, 7) is 9.48. The molecule has 2 aliphatic rings. The van der Waals surface area contributed by atoms with Crippen LogP contribution in [0.5, 0.6) is 0 Å². The molecule has 512 valence electrons. The molecule has 0 fully saturated rings. The van der Waals surface area contributed by atoms with E-state index in [0.29, 0.717) is 0 Å². The van der Waals surface area contributed by atoms with Crippen molar-refractivity contribution in [1.29, 1.82) is 0 Å². The summed E-state index contributed by atoms with van der Waals surface area (Å²) in [5.41, 5.74) is 20.6. The number of benzene rings is 18. The molecule has 0 N–H and O–H groups in total. The first-order valence-corrected chi connectivity index (χ1v) is 38.2. The van der Waals surface area contributed by atoms with Crippen LogP contribution in [0.1, 0.15) is 49.9 Å². The van der Waals surface area contributed by atoms with Gasteiger partial charge in [0.2, 0.25) is 0 Å². The van der Waals surface area contributed by atoms with Gasteiger partial charge in [0.05, 0.1) is 39.8 Å². The van der Waals surface area contributed by atoms with Crippen LogP contribution in [0.3, 0.4) is 0 Å². The molecule has 108 heavy (non-hydrogen) atoms. The molecule has 0 unspecified atom stereocenters. The first-order valence-electron chi connectivity index (χ1n) is 37.4. The predicted octanol–water partition coefficient (Wildman–Crippen LogP) is 29.7. The molecule has 0 saturated carbocycles. The maximum atomic E-state index is 6.70. The molecule has 2 aliphatic heterocycles. The summed E-state index contributed by atoms with van der Waals surface area (Å²) in [6.07, 6.45) is 0. The second-order valence-corrected chi connectivity index (χ2v) is 31.1. The molecule has 20 aromatic rings. The molecule has 22 rings (SSSR count). The fraction of sp³-hybridized carbons (Fsp3) is 0.0588. The maximum Gasteiger partial charge on any atom is 0.137 e. The van der Waals surface area contributed by atoms with Crippen LogP contribution >= 0.6 is 11.3 Å². The molecule has 0 radical (unpaired) electrons. The van der Waals surface area contributed by atoms with E-state index < -0.39 is 0 Å². The molecule has 2 aromatic heterocycles. The second-order valence-electron chi connectivity index (χ2n) is 30.0. The molecule has 0 aliphatic carbocycles. The van der Waals surface area contributed by atoms with Crippen LogP contribution in [0.15, 0.2) is 368 Å². The lowest BCUT2D eigenvalue weighted by molar-refractivity contribution is 0.631. The quantitative estimate of drug-likeness (QED) is 0.151. The minimum atomic E-state index is -0.245. The largest absolute Gasteiger partial charge is 0.456 e. The topological polar surface area (TPSA) is 26.1 Å². The minimum Gasteiger partial charge on any atom is -0.456 e. The summed E-state index contributed by atoms with van der Waals surface area (Å²) in [6, 6.07) is 133. The standard InChI is InChI=1S/C51H36N2O.C51H36N2S/c1-51(2)42-24-10-11-25-47(42)53(48-32-50-41(31-43(48)51)40-29-34-16-6-7-17-35(34)30-49(40)54-50)46-28-14-22-38-39(46)23-13-27-45(38)52(36-19-4-3-5-20-36)44-26-12-18-33-15-8-9-21-37(33)44;1-51(2)44-18-10-11-19-46(44)53(47-32-49-43(31-45(47)51)50-42-17-9-8-13-34(42)23-27-48(50)54-49)41-26-22-36-29-40(25-21-37(36)30-41)52(38-15-4-3-5-16-38)39-24-20-33-12-6-7-14-35(33)28-39/h2*3-32H,1-2H3. The Balaban J connectivity index is 0.000000138. The van der Waals surface area contributed by atoms with Gasteiger partial charge in [0.25, 0.3) is 0 Å². The van der Waals surface area contributed by atoms with Gasteiger partial charge in [-0.2, -0.15) is 0 Å². The van der Waals surface area contributed by atoms with E-state index in [1.54, 1.807) is 0 Å². The van der Waals surface area contributed by atoms with E-state index in [1.165, 1.54) is 130 Å². The van der Waals surface area contributed by atoms with E-state index in [4.69, 9.17) is 4.42 Å². The lowest BCUT2D eigenvalue weighted by Crippen LogP contribution is -2.30. The molecule has 18 aromatic carbocycles. The number of rotatable bonds is 8. The van der Waals surface area contributed by atoms with Crippen molar-refractivity contribution in [3.63, 3.8) is 0 Å². The van der Waals surface area contributed by atoms with Gasteiger partial charge in [-0.15, -0.1) is 11.3 Å². The number of nitrogens with zero attached hydrogens (tertiary/aromatic N) is 4. The van der Waals surface area contributed by atoms with Gasteiger partial charge in [0, 0.05) is 92.4 Å². The van der Waals surface area contributed by atoms with Crippen LogP contribution in [0.25, 0.3) is 107 Å². The fourth-order valence-corrected chi connectivity index (χ4v) is 19.0. The number of para-hydroxylation sites is 4. The number of thiophene rings is 1. The summed E-state index contributed by atoms with van der Waals surface area (Å²) < 4.78 is 9.36. The van der Waals surface area contributed by atoms with Gasteiger partial charge < -0.3 is 24.0 Å². The Labute approximate surface area is 630 Å². The zero-order chi connectivity index (χ0) is 71.9. The molecule has 0 saturated heterocycles. The average Bonchev–Trinajstić information content (AvgIpc) is 1.51. The van der Waals surface area contributed by atoms with Crippen LogP contribution in [0.2, 0.25) is 0 Å². The first kappa shape index (κ1) is 63.2. The van der Waals surface area contributed by atoms with E-state index in [-0.39, 0.29) is 10.8 Å². The number of fused-ring (bicyclic) bond motifs is 17. The zero-order valence-electron chi connectivity index (χ0n) is 60.2. The number of anilines is 12. The third-order valence-corrected chi connectivity index (χ3v) is 24.2. The van der Waals surface area contributed by atoms with Crippen molar-refractivity contribution in [3.8, 4) is 0 Å². The molecular formula is C102H72N4OS. The van der Waals surface area contributed by atoms with E-state index in [1.807, 2.05) is 11.3 Å². The SMILES string of the molecule is CC1(C)c2ccccc2N(c2ccc3cc(N(c4ccccc4)c4ccc5ccccc5c4)ccc3c2)c2cc3sc4ccc5ccccc5c4c3cc21.CC1(C)c2ccccc2N(c2cccc3c(N(c4ccccc4)c4cccc5ccccc45)cccc23)c2cc3oc4cc5ccccc5cc4c3cc21. The highest BCUT2D eigenvalue weighted by Gasteiger charge is 2.40. The van der Waals surface area contributed by atoms with E-state index in [9.17, 15) is 0 Å². The summed E-state index contributed by atoms with van der Waals surface area (Å²) in [7, 11) is 0. The maximum absolute atomic E-state index is 6.70. The van der Waals surface area contributed by atoms with Crippen LogP contribution in [-0.4, -0.2) is 0 Å². The number of hydrogen-bond acceptors (Lipinski definition) is 6. The summed E-state index contributed by atoms with van der Waals surface area (Å²) in [5, 5.41) is 19.7. The Morgan fingerprint density at radius 2 is 0.704 bits per heavy atom. The minimum absolute atomic E-state index is 0.176. The summed E-state index contributed by atoms with van der Waals surface area (Å²) in [4.78, 5) is 9.74. The third kappa shape index (κ3) is 10.0. The van der Waals surface area contributed by atoms with E-state index >= 15 is 0 Å². The Morgan fingerprint density at radius 1 is 0.250 bits per heavy atom. The van der Waals surface area contributed by atoms with E-state index in [0.717, 1.165) is 67.4 Å². The lowest BCUT2D eigenvalue weighted by atomic mass is 9.73. The fourth-order valence-electron chi connectivity index (χ4n) is 17.8. The predicted molar refractivity (Wildman–Crippen MR) is 461 cm³/mol. The number of hydrogen-bond donors (Lipinski definition) is 0. The monoisotopic (exact) mass is 1400 g/mol. The van der Waals surface area contributed by atoms with Gasteiger partial charge in [-0.25, -0.2) is 0 Å². The van der Waals surface area contributed by atoms with Crippen molar-refractivity contribution < 1.29 is 4.42 Å². The molecule has 0 spiro atoms. The number of furan rings is 1. The van der Waals surface area contributed by atoms with Gasteiger partial charge in [-0.05, 0) is 198 Å². The Kier molecular flexibility index (Phi) is 14.5. The normalized spacial score (nSPS) is 13.5. The second kappa shape index (κ2) is 24.7. The first-order chi connectivity index (χ1) is 53.1. The van der Waals surface area contributed by atoms with Crippen molar-refractivity contribution in [3.05, 3.63) is 386 Å². The highest BCUT2D eigenvalue weighted by Crippen LogP contribution is 2.58. The highest BCUT2D eigenvalue weighted by atomic mass is 32.1. The molecule has 0 bridgehead atoms. The van der Waals surface area contributed by atoms with E-state index in [2.05, 4.69) is 411 Å². The summed E-state index contributed by atoms with van der Waals surface area (Å²) in [5.74, 6) is 0. The van der Waals surface area contributed by atoms with Gasteiger partial charge in [0.15, 0.2) is 0 Å². The smallest absolute Gasteiger partial charge is 0.137 e. The Hall–Kier alpha value is -13.3. The van der Waals surface area contributed by atoms with Crippen molar-refractivity contribution in [2.75, 3.05) is 19.6 Å². The van der Waals surface area contributed by atoms with Crippen molar-refractivity contribution in [2.24, 2.45) is 0 Å². The molecular weight excluding hydrogens is 1330 g/mol. The van der Waals surface area contributed by atoms with Crippen LogP contribution in [0, 0.1) is 0 Å². The zero-order valence-corrected chi connectivity index (χ0v) is 61.1. The van der Waals surface area contributed by atoms with Gasteiger partial charge in [0.1, 0.15) is 11.2 Å². The third-order valence-electron chi connectivity index (χ3n) is 23.1. The summed E-state index contributed by atoms with van der Waals surface area (Å²) >= 11 is 1.90. The average molecular weight is 1400 g/mol. The van der Waals surface area contributed by atoms with Crippen LogP contribution in [-0.2, 0) is 10.8 Å². The van der Waals surface area contributed by atoms with Gasteiger partial charge in [-0.1, -0.05) is 258 Å². The Morgan fingerprint density at radius 3 is 1.42 bits per heavy atom. The highest BCUT2D eigenvalue weighted by molar-refractivity contribution is 7.26. The molecule has 5 nitrogen and oxygen atoms in total. The van der Waals surface area contributed by atoms with Gasteiger partial charge >= 0.3 is 0 Å². The molecule has 6 heteroatoms.